The van der Waals surface area contributed by atoms with E-state index in [1.54, 1.807) is 37.3 Å². The van der Waals surface area contributed by atoms with Crippen molar-refractivity contribution in [2.45, 2.75) is 46.1 Å². The van der Waals surface area contributed by atoms with Crippen LogP contribution in [0.25, 0.3) is 10.2 Å². The molecular weight excluding hydrogens is 376 g/mol. The Hall–Kier alpha value is -2.67. The summed E-state index contributed by atoms with van der Waals surface area (Å²) in [7, 11) is 0. The lowest BCUT2D eigenvalue weighted by atomic mass is 9.89. The normalized spacial score (nSPS) is 17.3. The predicted octanol–water partition coefficient (Wildman–Crippen LogP) is 4.04. The molecule has 0 saturated carbocycles. The van der Waals surface area contributed by atoms with Crippen molar-refractivity contribution >= 4 is 27.5 Å². The third-order valence-corrected chi connectivity index (χ3v) is 6.46. The van der Waals surface area contributed by atoms with E-state index in [9.17, 15) is 14.7 Å². The molecule has 2 aromatic heterocycles. The first-order valence-corrected chi connectivity index (χ1v) is 10.2. The van der Waals surface area contributed by atoms with Gasteiger partial charge in [0.1, 0.15) is 16.1 Å². The number of carbonyl (C=O) groups is 1. The van der Waals surface area contributed by atoms with Gasteiger partial charge in [-0.2, -0.15) is 0 Å². The Labute approximate surface area is 166 Å². The molecule has 0 amide bonds. The van der Waals surface area contributed by atoms with Gasteiger partial charge in [0, 0.05) is 4.88 Å². The highest BCUT2D eigenvalue weighted by molar-refractivity contribution is 7.18. The van der Waals surface area contributed by atoms with E-state index in [1.165, 1.54) is 10.9 Å². The Bertz CT molecular complexity index is 1130. The fraction of sp³-hybridized carbons (Fsp3) is 0.381. The van der Waals surface area contributed by atoms with Crippen molar-refractivity contribution in [3.8, 4) is 5.75 Å². The zero-order valence-electron chi connectivity index (χ0n) is 16.0. The van der Waals surface area contributed by atoms with E-state index in [4.69, 9.17) is 4.74 Å². The first-order chi connectivity index (χ1) is 13.3. The molecule has 2 N–H and O–H groups in total. The zero-order valence-corrected chi connectivity index (χ0v) is 16.9. The van der Waals surface area contributed by atoms with E-state index in [1.807, 2.05) is 0 Å². The van der Waals surface area contributed by atoms with Crippen molar-refractivity contribution in [2.75, 3.05) is 0 Å². The minimum absolute atomic E-state index is 0.0934. The molecule has 0 spiro atoms. The van der Waals surface area contributed by atoms with Gasteiger partial charge in [0.15, 0.2) is 11.9 Å². The van der Waals surface area contributed by atoms with Crippen LogP contribution >= 0.6 is 11.3 Å². The molecule has 2 heterocycles. The first-order valence-electron chi connectivity index (χ1n) is 9.39. The topological polar surface area (TPSA) is 92.3 Å². The quantitative estimate of drug-likeness (QED) is 0.650. The van der Waals surface area contributed by atoms with E-state index in [0.29, 0.717) is 27.5 Å². The maximum Gasteiger partial charge on any atom is 0.342 e. The van der Waals surface area contributed by atoms with Crippen molar-refractivity contribution in [2.24, 2.45) is 5.92 Å². The molecule has 3 aromatic rings. The van der Waals surface area contributed by atoms with E-state index >= 15 is 0 Å². The number of hydrogen-bond donors (Lipinski definition) is 2. The second-order valence-electron chi connectivity index (χ2n) is 7.50. The summed E-state index contributed by atoms with van der Waals surface area (Å²) >= 11 is 1.56. The monoisotopic (exact) mass is 398 g/mol. The third-order valence-electron chi connectivity index (χ3n) is 5.31. The van der Waals surface area contributed by atoms with Crippen LogP contribution in [0.3, 0.4) is 0 Å². The predicted molar refractivity (Wildman–Crippen MR) is 108 cm³/mol. The number of aromatic hydroxyl groups is 1. The lowest BCUT2D eigenvalue weighted by Crippen LogP contribution is -2.18. The lowest BCUT2D eigenvalue weighted by Gasteiger charge is -2.17. The molecule has 0 saturated heterocycles. The van der Waals surface area contributed by atoms with Crippen LogP contribution in [-0.4, -0.2) is 21.0 Å². The number of H-pyrrole nitrogens is 1. The number of carbonyl (C=O) groups excluding carboxylic acids is 1. The molecule has 0 aliphatic heterocycles. The minimum atomic E-state index is -0.748. The smallest absolute Gasteiger partial charge is 0.342 e. The van der Waals surface area contributed by atoms with Crippen molar-refractivity contribution in [3.63, 3.8) is 0 Å². The average molecular weight is 398 g/mol. The lowest BCUT2D eigenvalue weighted by molar-refractivity contribution is 0.0316. The number of hydrogen-bond acceptors (Lipinski definition) is 6. The summed E-state index contributed by atoms with van der Waals surface area (Å²) in [6.07, 6.45) is 2.20. The van der Waals surface area contributed by atoms with Gasteiger partial charge in [0.05, 0.1) is 5.39 Å². The number of esters is 1. The number of fused-ring (bicyclic) bond motifs is 3. The molecule has 0 bridgehead atoms. The molecule has 4 rings (SSSR count). The molecule has 7 heteroatoms. The maximum atomic E-state index is 12.7. The van der Waals surface area contributed by atoms with Gasteiger partial charge in [-0.3, -0.25) is 4.79 Å². The van der Waals surface area contributed by atoms with Crippen LogP contribution in [-0.2, 0) is 17.6 Å². The standard InChI is InChI=1S/C21H22N2O4S/c1-10-7-8-13-15(9-10)28-20-16(13)19(25)22-18(23-20)12(3)27-21(26)14-6-4-5-11(2)17(14)24/h4-6,10,12,24H,7-9H2,1-3H3,(H,22,23,25)/t10-,12-/m0/s1. The summed E-state index contributed by atoms with van der Waals surface area (Å²) in [5.74, 6) is 0.165. The van der Waals surface area contributed by atoms with Crippen LogP contribution in [0.5, 0.6) is 5.75 Å². The average Bonchev–Trinajstić information content (AvgIpc) is 3.01. The largest absolute Gasteiger partial charge is 0.507 e. The fourth-order valence-corrected chi connectivity index (χ4v) is 5.05. The molecule has 0 unspecified atom stereocenters. The number of benzene rings is 1. The van der Waals surface area contributed by atoms with Crippen molar-refractivity contribution in [1.82, 2.24) is 9.97 Å². The second-order valence-corrected chi connectivity index (χ2v) is 8.59. The number of aryl methyl sites for hydroxylation is 2. The van der Waals surface area contributed by atoms with Crippen molar-refractivity contribution in [1.29, 1.82) is 0 Å². The number of aromatic nitrogens is 2. The minimum Gasteiger partial charge on any atom is -0.507 e. The van der Waals surface area contributed by atoms with Crippen LogP contribution < -0.4 is 5.56 Å². The molecule has 146 valence electrons. The summed E-state index contributed by atoms with van der Waals surface area (Å²) in [4.78, 5) is 34.4. The summed E-state index contributed by atoms with van der Waals surface area (Å²) in [5, 5.41) is 10.8. The van der Waals surface area contributed by atoms with Gasteiger partial charge in [0.2, 0.25) is 0 Å². The highest BCUT2D eigenvalue weighted by Crippen LogP contribution is 2.36. The SMILES string of the molecule is Cc1cccc(C(=O)O[C@@H](C)c2nc3sc4c(c3c(=O)[nH]2)CC[C@H](C)C4)c1O. The van der Waals surface area contributed by atoms with Gasteiger partial charge in [-0.1, -0.05) is 19.1 Å². The van der Waals surface area contributed by atoms with Crippen molar-refractivity contribution < 1.29 is 14.6 Å². The number of rotatable bonds is 3. The fourth-order valence-electron chi connectivity index (χ4n) is 3.66. The molecule has 1 aliphatic rings. The van der Waals surface area contributed by atoms with Crippen LogP contribution in [0, 0.1) is 12.8 Å². The highest BCUT2D eigenvalue weighted by Gasteiger charge is 2.25. The molecule has 1 aliphatic carbocycles. The number of phenolic OH excluding ortho intramolecular Hbond substituents is 1. The van der Waals surface area contributed by atoms with Gasteiger partial charge >= 0.3 is 5.97 Å². The molecule has 0 fully saturated rings. The van der Waals surface area contributed by atoms with E-state index in [0.717, 1.165) is 24.8 Å². The maximum absolute atomic E-state index is 12.7. The molecule has 28 heavy (non-hydrogen) atoms. The Morgan fingerprint density at radius 1 is 1.43 bits per heavy atom. The number of thiophene rings is 1. The molecule has 1 aromatic carbocycles. The summed E-state index contributed by atoms with van der Waals surface area (Å²) in [5.41, 5.74) is 1.62. The van der Waals surface area contributed by atoms with Crippen LogP contribution in [0.4, 0.5) is 0 Å². The van der Waals surface area contributed by atoms with E-state index in [2.05, 4.69) is 16.9 Å². The van der Waals surface area contributed by atoms with E-state index < -0.39 is 12.1 Å². The second kappa shape index (κ2) is 7.05. The summed E-state index contributed by atoms with van der Waals surface area (Å²) < 4.78 is 5.45. The van der Waals surface area contributed by atoms with Crippen LogP contribution in [0.1, 0.15) is 58.6 Å². The first kappa shape index (κ1) is 18.7. The molecule has 0 radical (unpaired) electrons. The number of nitrogens with zero attached hydrogens (tertiary/aromatic N) is 1. The van der Waals surface area contributed by atoms with Gasteiger partial charge in [0.25, 0.3) is 5.56 Å². The number of nitrogens with one attached hydrogen (secondary N) is 1. The van der Waals surface area contributed by atoms with Gasteiger partial charge in [-0.15, -0.1) is 11.3 Å². The van der Waals surface area contributed by atoms with Crippen LogP contribution in [0.15, 0.2) is 23.0 Å². The highest BCUT2D eigenvalue weighted by atomic mass is 32.1. The third kappa shape index (κ3) is 3.20. The van der Waals surface area contributed by atoms with Crippen molar-refractivity contribution in [3.05, 3.63) is 55.9 Å². The number of aromatic amines is 1. The number of para-hydroxylation sites is 1. The Kier molecular flexibility index (Phi) is 4.71. The van der Waals surface area contributed by atoms with Gasteiger partial charge in [-0.05, 0) is 56.2 Å². The number of ether oxygens (including phenoxy) is 1. The Balaban J connectivity index is 1.64. The van der Waals surface area contributed by atoms with Gasteiger partial charge < -0.3 is 14.8 Å². The zero-order chi connectivity index (χ0) is 20.0. The number of phenols is 1. The van der Waals surface area contributed by atoms with E-state index in [-0.39, 0.29) is 16.9 Å². The molecule has 6 nitrogen and oxygen atoms in total. The Morgan fingerprint density at radius 2 is 2.21 bits per heavy atom. The van der Waals surface area contributed by atoms with Gasteiger partial charge in [-0.25, -0.2) is 9.78 Å². The molecular formula is C21H22N2O4S. The summed E-state index contributed by atoms with van der Waals surface area (Å²) in [6, 6.07) is 4.90. The molecule has 2 atom stereocenters. The Morgan fingerprint density at radius 3 is 3.00 bits per heavy atom. The van der Waals surface area contributed by atoms with Crippen LogP contribution in [0.2, 0.25) is 0 Å². The summed E-state index contributed by atoms with van der Waals surface area (Å²) in [6.45, 7) is 5.59.